The summed E-state index contributed by atoms with van der Waals surface area (Å²) in [4.78, 5) is 20.9. The van der Waals surface area contributed by atoms with Gasteiger partial charge in [-0.2, -0.15) is 0 Å². The summed E-state index contributed by atoms with van der Waals surface area (Å²) >= 11 is 0. The molecule has 0 radical (unpaired) electrons. The minimum Gasteiger partial charge on any atom is -0.381 e. The maximum absolute atomic E-state index is 11.9. The summed E-state index contributed by atoms with van der Waals surface area (Å²) in [6.07, 6.45) is 19.4. The van der Waals surface area contributed by atoms with E-state index in [4.69, 9.17) is 14.5 Å². The number of ether oxygens (including phenoxy) is 1. The van der Waals surface area contributed by atoms with E-state index in [2.05, 4.69) is 6.92 Å². The van der Waals surface area contributed by atoms with Crippen LogP contribution in [-0.4, -0.2) is 54.1 Å². The van der Waals surface area contributed by atoms with Gasteiger partial charge in [0.25, 0.3) is 0 Å². The maximum atomic E-state index is 11.9. The lowest BCUT2D eigenvalue weighted by Gasteiger charge is -2.13. The average molecular weight is 480 g/mol. The summed E-state index contributed by atoms with van der Waals surface area (Å²) < 4.78 is 22.5. The first-order valence-corrected chi connectivity index (χ1v) is 14.6. The van der Waals surface area contributed by atoms with E-state index in [9.17, 15) is 14.3 Å². The number of hydroxylamine groups is 2. The molecule has 0 aromatic carbocycles. The molecule has 0 spiro atoms. The molecule has 0 fully saturated rings. The zero-order valence-electron chi connectivity index (χ0n) is 20.8. The van der Waals surface area contributed by atoms with E-state index in [0.29, 0.717) is 18.1 Å². The molecule has 0 aliphatic rings. The molecule has 8 heteroatoms. The second-order valence-corrected chi connectivity index (χ2v) is 10.8. The molecule has 0 rings (SSSR count). The number of carbonyl (C=O) groups is 1. The van der Waals surface area contributed by atoms with Crippen LogP contribution in [0.4, 0.5) is 0 Å². The molecule has 1 atom stereocenters. The molecule has 0 saturated heterocycles. The zero-order valence-corrected chi connectivity index (χ0v) is 21.7. The third kappa shape index (κ3) is 22.7. The Morgan fingerprint density at radius 2 is 1.22 bits per heavy atom. The molecule has 0 aromatic heterocycles. The van der Waals surface area contributed by atoms with Gasteiger partial charge < -0.3 is 14.2 Å². The van der Waals surface area contributed by atoms with Crippen molar-refractivity contribution in [1.82, 2.24) is 5.06 Å². The summed E-state index contributed by atoms with van der Waals surface area (Å²) in [5, 5.41) is 9.42. The molecule has 0 bridgehead atoms. The van der Waals surface area contributed by atoms with E-state index in [1.807, 2.05) is 0 Å². The minimum absolute atomic E-state index is 0.0171. The van der Waals surface area contributed by atoms with Crippen molar-refractivity contribution in [3.63, 3.8) is 0 Å². The molecular weight excluding hydrogens is 429 g/mol. The first-order valence-electron chi connectivity index (χ1n) is 12.9. The lowest BCUT2D eigenvalue weighted by molar-refractivity contribution is -0.159. The highest BCUT2D eigenvalue weighted by Crippen LogP contribution is 2.42. The standard InChI is InChI=1S/C24H50NO6P/c1-3-4-5-6-7-8-9-10-11-12-13-14-15-16-20-30-21-18-22-31-32(28,29)23-17-19-24(26)25(2)27/h27H,3-23H2,1-2H3,(H,28,29). The van der Waals surface area contributed by atoms with Gasteiger partial charge in [-0.3, -0.25) is 14.6 Å². The van der Waals surface area contributed by atoms with Crippen LogP contribution in [0.1, 0.15) is 116 Å². The summed E-state index contributed by atoms with van der Waals surface area (Å²) in [7, 11) is -2.45. The Morgan fingerprint density at radius 1 is 0.750 bits per heavy atom. The Hall–Kier alpha value is -0.460. The van der Waals surface area contributed by atoms with Crippen molar-refractivity contribution in [3.05, 3.63) is 0 Å². The van der Waals surface area contributed by atoms with Gasteiger partial charge in [0.2, 0.25) is 5.91 Å². The maximum Gasteiger partial charge on any atom is 0.328 e. The van der Waals surface area contributed by atoms with Crippen molar-refractivity contribution in [2.24, 2.45) is 0 Å². The Bertz CT molecular complexity index is 475. The molecule has 0 saturated carbocycles. The van der Waals surface area contributed by atoms with Crippen LogP contribution in [0.5, 0.6) is 0 Å². The molecule has 7 nitrogen and oxygen atoms in total. The van der Waals surface area contributed by atoms with Crippen LogP contribution in [0, 0.1) is 0 Å². The number of rotatable bonds is 24. The van der Waals surface area contributed by atoms with Gasteiger partial charge in [0, 0.05) is 26.7 Å². The molecule has 0 aliphatic heterocycles. The van der Waals surface area contributed by atoms with Gasteiger partial charge in [-0.15, -0.1) is 0 Å². The third-order valence-corrected chi connectivity index (χ3v) is 7.03. The molecule has 32 heavy (non-hydrogen) atoms. The van der Waals surface area contributed by atoms with Crippen molar-refractivity contribution >= 4 is 13.5 Å². The Kier molecular flexibility index (Phi) is 22.0. The van der Waals surface area contributed by atoms with Crippen LogP contribution in [0.15, 0.2) is 0 Å². The number of amides is 1. The molecule has 0 aromatic rings. The van der Waals surface area contributed by atoms with Crippen LogP contribution < -0.4 is 0 Å². The van der Waals surface area contributed by atoms with E-state index < -0.39 is 13.5 Å². The van der Waals surface area contributed by atoms with E-state index in [0.717, 1.165) is 13.0 Å². The van der Waals surface area contributed by atoms with Crippen LogP contribution in [0.25, 0.3) is 0 Å². The number of carbonyl (C=O) groups excluding carboxylic acids is 1. The van der Waals surface area contributed by atoms with Gasteiger partial charge in [-0.05, 0) is 19.3 Å². The Labute approximate surface area is 196 Å². The summed E-state index contributed by atoms with van der Waals surface area (Å²) in [5.41, 5.74) is 0. The molecule has 2 N–H and O–H groups in total. The molecule has 1 amide bonds. The Balaban J connectivity index is 3.29. The molecule has 0 aliphatic carbocycles. The highest BCUT2D eigenvalue weighted by molar-refractivity contribution is 7.52. The fraction of sp³-hybridized carbons (Fsp3) is 0.958. The van der Waals surface area contributed by atoms with E-state index in [1.165, 1.54) is 90.5 Å². The van der Waals surface area contributed by atoms with E-state index in [1.54, 1.807) is 0 Å². The monoisotopic (exact) mass is 479 g/mol. The SMILES string of the molecule is CCCCCCCCCCCCCCCCOCCCOP(=O)(O)CCCC(=O)N(C)O. The zero-order chi connectivity index (χ0) is 23.9. The van der Waals surface area contributed by atoms with Crippen LogP contribution >= 0.6 is 7.60 Å². The molecule has 0 heterocycles. The normalized spacial score (nSPS) is 13.2. The van der Waals surface area contributed by atoms with Gasteiger partial charge >= 0.3 is 7.60 Å². The van der Waals surface area contributed by atoms with E-state index in [-0.39, 0.29) is 25.6 Å². The average Bonchev–Trinajstić information content (AvgIpc) is 2.75. The minimum atomic E-state index is -3.68. The van der Waals surface area contributed by atoms with Gasteiger partial charge in [0.1, 0.15) is 0 Å². The van der Waals surface area contributed by atoms with Crippen molar-refractivity contribution in [2.45, 2.75) is 116 Å². The fourth-order valence-corrected chi connectivity index (χ4v) is 4.63. The van der Waals surface area contributed by atoms with Gasteiger partial charge in [0.15, 0.2) is 0 Å². The van der Waals surface area contributed by atoms with Crippen LogP contribution in [0.3, 0.4) is 0 Å². The van der Waals surface area contributed by atoms with Crippen molar-refractivity contribution in [1.29, 1.82) is 0 Å². The summed E-state index contributed by atoms with van der Waals surface area (Å²) in [6, 6.07) is 0. The number of hydrogen-bond acceptors (Lipinski definition) is 5. The first kappa shape index (κ1) is 31.5. The molecule has 192 valence electrons. The number of unbranched alkanes of at least 4 members (excludes halogenated alkanes) is 13. The second kappa shape index (κ2) is 22.3. The lowest BCUT2D eigenvalue weighted by atomic mass is 10.0. The van der Waals surface area contributed by atoms with Crippen molar-refractivity contribution in [3.8, 4) is 0 Å². The highest BCUT2D eigenvalue weighted by atomic mass is 31.2. The van der Waals surface area contributed by atoms with Crippen LogP contribution in [-0.2, 0) is 18.6 Å². The largest absolute Gasteiger partial charge is 0.381 e. The number of nitrogens with zero attached hydrogens (tertiary/aromatic N) is 1. The fourth-order valence-electron chi connectivity index (χ4n) is 3.53. The van der Waals surface area contributed by atoms with Crippen molar-refractivity contribution < 1.29 is 28.7 Å². The van der Waals surface area contributed by atoms with Gasteiger partial charge in [-0.25, -0.2) is 5.06 Å². The Morgan fingerprint density at radius 3 is 1.72 bits per heavy atom. The third-order valence-electron chi connectivity index (χ3n) is 5.56. The molecular formula is C24H50NO6P. The van der Waals surface area contributed by atoms with Crippen molar-refractivity contribution in [2.75, 3.05) is 33.0 Å². The lowest BCUT2D eigenvalue weighted by Crippen LogP contribution is -2.22. The number of hydrogen-bond donors (Lipinski definition) is 2. The molecule has 1 unspecified atom stereocenters. The summed E-state index contributed by atoms with van der Waals surface area (Å²) in [6.45, 7) is 3.68. The quantitative estimate of drug-likeness (QED) is 0.0692. The predicted octanol–water partition coefficient (Wildman–Crippen LogP) is 6.70. The van der Waals surface area contributed by atoms with Gasteiger partial charge in [0.05, 0.1) is 12.8 Å². The predicted molar refractivity (Wildman–Crippen MR) is 130 cm³/mol. The van der Waals surface area contributed by atoms with Gasteiger partial charge in [-0.1, -0.05) is 90.4 Å². The summed E-state index contributed by atoms with van der Waals surface area (Å²) in [5.74, 6) is -0.484. The second-order valence-electron chi connectivity index (χ2n) is 8.78. The topological polar surface area (TPSA) is 96.3 Å². The van der Waals surface area contributed by atoms with Crippen LogP contribution in [0.2, 0.25) is 0 Å². The van der Waals surface area contributed by atoms with E-state index >= 15 is 0 Å². The smallest absolute Gasteiger partial charge is 0.328 e. The first-order chi connectivity index (χ1) is 15.4. The highest BCUT2D eigenvalue weighted by Gasteiger charge is 2.19.